The van der Waals surface area contributed by atoms with Gasteiger partial charge in [-0.2, -0.15) is 0 Å². The van der Waals surface area contributed by atoms with Crippen LogP contribution in [0.3, 0.4) is 0 Å². The number of fused-ring (bicyclic) bond motifs is 3. The summed E-state index contributed by atoms with van der Waals surface area (Å²) < 4.78 is 0. The van der Waals surface area contributed by atoms with Gasteiger partial charge in [-0.3, -0.25) is 0 Å². The molecule has 2 heterocycles. The molecule has 26 heavy (non-hydrogen) atoms. The van der Waals surface area contributed by atoms with Crippen LogP contribution in [0.15, 0.2) is 16.9 Å². The van der Waals surface area contributed by atoms with Crippen molar-refractivity contribution in [2.45, 2.75) is 122 Å². The van der Waals surface area contributed by atoms with Crippen LogP contribution >= 0.6 is 0 Å². The summed E-state index contributed by atoms with van der Waals surface area (Å²) in [7, 11) is -2.38. The monoisotopic (exact) mass is 388 g/mol. The Hall–Kier alpha value is 0.0187. The van der Waals surface area contributed by atoms with E-state index in [9.17, 15) is 0 Å². The van der Waals surface area contributed by atoms with Gasteiger partial charge in [-0.25, -0.2) is 0 Å². The molecule has 0 radical (unpaired) electrons. The summed E-state index contributed by atoms with van der Waals surface area (Å²) >= 11 is 0. The first-order chi connectivity index (χ1) is 12.1. The molecule has 2 aliphatic rings. The van der Waals surface area contributed by atoms with Crippen LogP contribution in [0, 0.1) is 5.92 Å². The van der Waals surface area contributed by atoms with Gasteiger partial charge in [-0.1, -0.05) is 120 Å². The molecule has 0 amide bonds. The van der Waals surface area contributed by atoms with Crippen molar-refractivity contribution in [1.82, 2.24) is 0 Å². The fourth-order valence-electron chi connectivity index (χ4n) is 5.83. The topological polar surface area (TPSA) is 0 Å². The van der Waals surface area contributed by atoms with E-state index in [0.717, 1.165) is 23.9 Å². The molecule has 0 spiro atoms. The van der Waals surface area contributed by atoms with Crippen LogP contribution in [0.1, 0.15) is 71.1 Å². The molecule has 1 atom stereocenters. The zero-order valence-corrected chi connectivity index (χ0v) is 21.0. The van der Waals surface area contributed by atoms with Crippen molar-refractivity contribution in [3.8, 4) is 0 Å². The fraction of sp³-hybridized carbons (Fsp3) is 0.870. The van der Waals surface area contributed by atoms with Gasteiger partial charge in [0, 0.05) is 8.07 Å². The Morgan fingerprint density at radius 2 is 1.58 bits per heavy atom. The highest BCUT2D eigenvalue weighted by Gasteiger charge is 2.48. The maximum atomic E-state index is 4.01. The average molecular weight is 389 g/mol. The Bertz CT molecular complexity index is 495. The lowest BCUT2D eigenvalue weighted by atomic mass is 9.32. The van der Waals surface area contributed by atoms with Crippen molar-refractivity contribution < 1.29 is 0 Å². The Labute approximate surface area is 167 Å². The summed E-state index contributed by atoms with van der Waals surface area (Å²) in [6, 6.07) is 0. The third-order valence-electron chi connectivity index (χ3n) is 6.84. The Morgan fingerprint density at radius 3 is 2.08 bits per heavy atom. The van der Waals surface area contributed by atoms with E-state index in [-0.39, 0.29) is 0 Å². The SMILES string of the molecule is CCCCCC(=C=C[Si](C)(C)C)B1C2CCCC(CCC2)C1[Si](C)(C)C. The van der Waals surface area contributed by atoms with Crippen LogP contribution < -0.4 is 0 Å². The zero-order chi connectivity index (χ0) is 19.4. The van der Waals surface area contributed by atoms with E-state index in [2.05, 4.69) is 57.6 Å². The van der Waals surface area contributed by atoms with Gasteiger partial charge in [0.15, 0.2) is 6.71 Å². The summed E-state index contributed by atoms with van der Waals surface area (Å²) in [5, 5.41) is 0. The van der Waals surface area contributed by atoms with E-state index >= 15 is 0 Å². The van der Waals surface area contributed by atoms with E-state index < -0.39 is 16.1 Å². The molecule has 0 aromatic carbocycles. The van der Waals surface area contributed by atoms with Gasteiger partial charge in [0.1, 0.15) is 0 Å². The largest absolute Gasteiger partial charge is 0.184 e. The predicted molar refractivity (Wildman–Crippen MR) is 127 cm³/mol. The van der Waals surface area contributed by atoms with Crippen molar-refractivity contribution in [3.63, 3.8) is 0 Å². The van der Waals surface area contributed by atoms with Crippen LogP contribution in [-0.2, 0) is 0 Å². The van der Waals surface area contributed by atoms with Gasteiger partial charge < -0.3 is 0 Å². The van der Waals surface area contributed by atoms with Crippen LogP contribution in [0.25, 0.3) is 0 Å². The summed E-state index contributed by atoms with van der Waals surface area (Å²) in [4.78, 5) is 0. The number of rotatable bonds is 7. The smallest absolute Gasteiger partial charge is 0.140 e. The minimum atomic E-state index is -1.19. The van der Waals surface area contributed by atoms with Crippen LogP contribution in [0.2, 0.25) is 50.5 Å². The normalized spacial score (nSPS) is 26.9. The molecule has 2 saturated heterocycles. The summed E-state index contributed by atoms with van der Waals surface area (Å²) in [6.45, 7) is 18.6. The predicted octanol–water partition coefficient (Wildman–Crippen LogP) is 8.16. The third kappa shape index (κ3) is 6.28. The molecule has 0 saturated carbocycles. The standard InChI is InChI=1S/C23H45BSi2/c1-8-9-10-15-22(18-19-25(2,3)4)24-21-16-11-13-20(14-12-17-21)23(24)26(5,6)7/h19-21,23H,8-17H2,1-7H3. The lowest BCUT2D eigenvalue weighted by Gasteiger charge is -2.40. The maximum absolute atomic E-state index is 4.01. The first kappa shape index (κ1) is 22.3. The van der Waals surface area contributed by atoms with Gasteiger partial charge in [0.05, 0.1) is 8.07 Å². The summed E-state index contributed by atoms with van der Waals surface area (Å²) in [6.07, 6.45) is 14.4. The van der Waals surface area contributed by atoms with Crippen LogP contribution in [-0.4, -0.2) is 22.9 Å². The Kier molecular flexibility index (Phi) is 8.13. The molecule has 2 bridgehead atoms. The first-order valence-corrected chi connectivity index (χ1v) is 18.8. The van der Waals surface area contributed by atoms with Gasteiger partial charge in [-0.15, -0.1) is 5.73 Å². The molecule has 3 heteroatoms. The zero-order valence-electron chi connectivity index (χ0n) is 19.0. The van der Waals surface area contributed by atoms with E-state index in [1.807, 2.05) is 0 Å². The summed E-state index contributed by atoms with van der Waals surface area (Å²) in [5.41, 5.74) is 9.29. The lowest BCUT2D eigenvalue weighted by molar-refractivity contribution is 0.411. The van der Waals surface area contributed by atoms with Crippen molar-refractivity contribution in [3.05, 3.63) is 16.9 Å². The minimum absolute atomic E-state index is 0.862. The van der Waals surface area contributed by atoms with Gasteiger partial charge in [0.25, 0.3) is 0 Å². The lowest BCUT2D eigenvalue weighted by Crippen LogP contribution is -2.44. The average Bonchev–Trinajstić information content (AvgIpc) is 2.78. The van der Waals surface area contributed by atoms with Crippen LogP contribution in [0.4, 0.5) is 0 Å². The highest BCUT2D eigenvalue weighted by molar-refractivity contribution is 6.92. The van der Waals surface area contributed by atoms with Crippen molar-refractivity contribution >= 4 is 22.9 Å². The molecule has 148 valence electrons. The van der Waals surface area contributed by atoms with Crippen LogP contribution in [0.5, 0.6) is 0 Å². The molecule has 0 aromatic rings. The van der Waals surface area contributed by atoms with E-state index in [0.29, 0.717) is 0 Å². The molecule has 2 aliphatic heterocycles. The van der Waals surface area contributed by atoms with Gasteiger partial charge in [-0.05, 0) is 18.8 Å². The van der Waals surface area contributed by atoms with Gasteiger partial charge >= 0.3 is 0 Å². The molecule has 0 aromatic heterocycles. The van der Waals surface area contributed by atoms with E-state index in [1.54, 1.807) is 5.47 Å². The number of allylic oxidation sites excluding steroid dienone is 1. The first-order valence-electron chi connectivity index (χ1n) is 11.6. The van der Waals surface area contributed by atoms with E-state index in [1.165, 1.54) is 64.2 Å². The second-order valence-corrected chi connectivity index (χ2v) is 21.9. The van der Waals surface area contributed by atoms with Crippen molar-refractivity contribution in [2.75, 3.05) is 0 Å². The second kappa shape index (κ2) is 9.48. The fourth-order valence-corrected chi connectivity index (χ4v) is 9.75. The third-order valence-corrected chi connectivity index (χ3v) is 10.7. The molecule has 0 nitrogen and oxygen atoms in total. The molecular formula is C23H45BSi2. The van der Waals surface area contributed by atoms with E-state index in [4.69, 9.17) is 0 Å². The number of hydrogen-bond acceptors (Lipinski definition) is 0. The molecule has 1 unspecified atom stereocenters. The molecule has 0 aliphatic carbocycles. The van der Waals surface area contributed by atoms with Crippen molar-refractivity contribution in [2.24, 2.45) is 5.92 Å². The second-order valence-electron chi connectivity index (χ2n) is 11.4. The minimum Gasteiger partial charge on any atom is -0.140 e. The molecule has 2 fully saturated rings. The highest BCUT2D eigenvalue weighted by Crippen LogP contribution is 2.52. The number of unbranched alkanes of at least 4 members (excludes halogenated alkanes) is 2. The maximum Gasteiger partial charge on any atom is 0.184 e. The molecular weight excluding hydrogens is 343 g/mol. The summed E-state index contributed by atoms with van der Waals surface area (Å²) in [5.74, 6) is 1.97. The Balaban J connectivity index is 2.47. The highest BCUT2D eigenvalue weighted by atomic mass is 28.3. The van der Waals surface area contributed by atoms with Crippen molar-refractivity contribution in [1.29, 1.82) is 0 Å². The molecule has 2 rings (SSSR count). The quantitative estimate of drug-likeness (QED) is 0.234. The Morgan fingerprint density at radius 1 is 0.962 bits per heavy atom. The van der Waals surface area contributed by atoms with Gasteiger partial charge in [0.2, 0.25) is 0 Å². The number of hydrogen-bond donors (Lipinski definition) is 0. The molecule has 0 N–H and O–H groups in total.